The minimum absolute atomic E-state index is 0.149. The van der Waals surface area contributed by atoms with E-state index in [1.165, 1.54) is 17.7 Å². The van der Waals surface area contributed by atoms with E-state index >= 15 is 0 Å². The minimum Gasteiger partial charge on any atom is -0.350 e. The molecule has 1 aliphatic heterocycles. The summed E-state index contributed by atoms with van der Waals surface area (Å²) in [5.41, 5.74) is 0. The summed E-state index contributed by atoms with van der Waals surface area (Å²) in [5.74, 6) is 1.24. The first kappa shape index (κ1) is 15.4. The standard InChI is InChI=1S/C15H25N3OS/c1-3-13-9-18-15(20-13)10-17-14(19)7-11(2)12-5-4-6-16-8-12/h9,11-12,16H,3-8,10H2,1-2H3,(H,17,19). The van der Waals surface area contributed by atoms with Crippen LogP contribution in [0, 0.1) is 11.8 Å². The lowest BCUT2D eigenvalue weighted by atomic mass is 9.85. The zero-order chi connectivity index (χ0) is 14.4. The number of nitrogens with zero attached hydrogens (tertiary/aromatic N) is 1. The maximum Gasteiger partial charge on any atom is 0.220 e. The van der Waals surface area contributed by atoms with Gasteiger partial charge in [0.25, 0.3) is 0 Å². The maximum atomic E-state index is 12.0. The van der Waals surface area contributed by atoms with Crippen molar-refractivity contribution in [2.45, 2.75) is 46.1 Å². The monoisotopic (exact) mass is 295 g/mol. The van der Waals surface area contributed by atoms with Crippen LogP contribution in [0.25, 0.3) is 0 Å². The molecule has 1 fully saturated rings. The Hall–Kier alpha value is -0.940. The van der Waals surface area contributed by atoms with Crippen molar-refractivity contribution in [3.05, 3.63) is 16.1 Å². The summed E-state index contributed by atoms with van der Waals surface area (Å²) in [7, 11) is 0. The van der Waals surface area contributed by atoms with E-state index in [1.54, 1.807) is 11.3 Å². The Morgan fingerprint density at radius 1 is 1.65 bits per heavy atom. The number of carbonyl (C=O) groups is 1. The molecule has 2 rings (SSSR count). The average Bonchev–Trinajstić information content (AvgIpc) is 2.94. The second-order valence-corrected chi connectivity index (χ2v) is 6.84. The first-order valence-electron chi connectivity index (χ1n) is 7.60. The molecule has 0 bridgehead atoms. The molecule has 0 aliphatic carbocycles. The zero-order valence-corrected chi connectivity index (χ0v) is 13.3. The summed E-state index contributed by atoms with van der Waals surface area (Å²) in [6.45, 7) is 7.06. The van der Waals surface area contributed by atoms with Gasteiger partial charge in [-0.05, 0) is 44.2 Å². The van der Waals surface area contributed by atoms with Gasteiger partial charge < -0.3 is 10.6 Å². The van der Waals surface area contributed by atoms with Crippen molar-refractivity contribution >= 4 is 17.2 Å². The molecule has 0 spiro atoms. The predicted octanol–water partition coefficient (Wildman–Crippen LogP) is 2.35. The summed E-state index contributed by atoms with van der Waals surface area (Å²) in [6.07, 6.45) is 6.02. The van der Waals surface area contributed by atoms with Gasteiger partial charge in [0.2, 0.25) is 5.91 Å². The minimum atomic E-state index is 0.149. The van der Waals surface area contributed by atoms with Gasteiger partial charge in [-0.2, -0.15) is 0 Å². The van der Waals surface area contributed by atoms with Gasteiger partial charge in [-0.3, -0.25) is 4.79 Å². The van der Waals surface area contributed by atoms with Crippen molar-refractivity contribution in [2.75, 3.05) is 13.1 Å². The van der Waals surface area contributed by atoms with Crippen LogP contribution in [0.2, 0.25) is 0 Å². The Kier molecular flexibility index (Phi) is 5.98. The summed E-state index contributed by atoms with van der Waals surface area (Å²) >= 11 is 1.69. The number of hydrogen-bond donors (Lipinski definition) is 2. The van der Waals surface area contributed by atoms with Gasteiger partial charge in [-0.25, -0.2) is 4.98 Å². The van der Waals surface area contributed by atoms with E-state index in [2.05, 4.69) is 29.5 Å². The van der Waals surface area contributed by atoms with Gasteiger partial charge in [0.15, 0.2) is 0 Å². The van der Waals surface area contributed by atoms with Crippen LogP contribution in [0.3, 0.4) is 0 Å². The molecule has 2 atom stereocenters. The van der Waals surface area contributed by atoms with E-state index in [-0.39, 0.29) is 5.91 Å². The average molecular weight is 295 g/mol. The SMILES string of the molecule is CCc1cnc(CNC(=O)CC(C)C2CCCNC2)s1. The Morgan fingerprint density at radius 2 is 2.50 bits per heavy atom. The number of thiazole rings is 1. The second-order valence-electron chi connectivity index (χ2n) is 5.64. The quantitative estimate of drug-likeness (QED) is 0.847. The molecule has 5 heteroatoms. The number of aromatic nitrogens is 1. The van der Waals surface area contributed by atoms with E-state index < -0.39 is 0 Å². The van der Waals surface area contributed by atoms with Crippen molar-refractivity contribution in [3.63, 3.8) is 0 Å². The van der Waals surface area contributed by atoms with Crippen LogP contribution in [0.5, 0.6) is 0 Å². The third-order valence-electron chi connectivity index (χ3n) is 4.03. The molecule has 1 amide bonds. The molecule has 1 aromatic rings. The molecule has 0 saturated carbocycles. The molecule has 20 heavy (non-hydrogen) atoms. The molecule has 2 heterocycles. The normalized spacial score (nSPS) is 20.6. The number of carbonyl (C=O) groups excluding carboxylic acids is 1. The molecule has 4 nitrogen and oxygen atoms in total. The van der Waals surface area contributed by atoms with Crippen LogP contribution in [0.4, 0.5) is 0 Å². The van der Waals surface area contributed by atoms with Crippen molar-refractivity contribution in [3.8, 4) is 0 Å². The second kappa shape index (κ2) is 7.74. The van der Waals surface area contributed by atoms with Gasteiger partial charge in [0, 0.05) is 17.5 Å². The fourth-order valence-corrected chi connectivity index (χ4v) is 3.47. The Labute approximate surface area is 125 Å². The first-order chi connectivity index (χ1) is 9.69. The van der Waals surface area contributed by atoms with Gasteiger partial charge >= 0.3 is 0 Å². The zero-order valence-electron chi connectivity index (χ0n) is 12.4. The van der Waals surface area contributed by atoms with Gasteiger partial charge in [-0.1, -0.05) is 13.8 Å². The summed E-state index contributed by atoms with van der Waals surface area (Å²) in [4.78, 5) is 17.6. The van der Waals surface area contributed by atoms with Crippen LogP contribution in [-0.2, 0) is 17.8 Å². The summed E-state index contributed by atoms with van der Waals surface area (Å²) in [5, 5.41) is 7.41. The van der Waals surface area contributed by atoms with E-state index in [9.17, 15) is 4.79 Å². The molecule has 2 N–H and O–H groups in total. The van der Waals surface area contributed by atoms with Crippen molar-refractivity contribution in [1.82, 2.24) is 15.6 Å². The fourth-order valence-electron chi connectivity index (χ4n) is 2.66. The molecule has 2 unspecified atom stereocenters. The lowest BCUT2D eigenvalue weighted by molar-refractivity contribution is -0.122. The highest BCUT2D eigenvalue weighted by Gasteiger charge is 2.21. The smallest absolute Gasteiger partial charge is 0.220 e. The molecule has 1 saturated heterocycles. The molecular formula is C15H25N3OS. The van der Waals surface area contributed by atoms with Gasteiger partial charge in [-0.15, -0.1) is 11.3 Å². The third-order valence-corrected chi connectivity index (χ3v) is 5.18. The van der Waals surface area contributed by atoms with Crippen molar-refractivity contribution in [1.29, 1.82) is 0 Å². The number of aryl methyl sites for hydroxylation is 1. The van der Waals surface area contributed by atoms with E-state index in [0.717, 1.165) is 24.5 Å². The van der Waals surface area contributed by atoms with Gasteiger partial charge in [0.1, 0.15) is 5.01 Å². The van der Waals surface area contributed by atoms with E-state index in [0.29, 0.717) is 24.8 Å². The van der Waals surface area contributed by atoms with E-state index in [4.69, 9.17) is 0 Å². The van der Waals surface area contributed by atoms with Crippen molar-refractivity contribution < 1.29 is 4.79 Å². The number of nitrogens with one attached hydrogen (secondary N) is 2. The highest BCUT2D eigenvalue weighted by Crippen LogP contribution is 2.22. The summed E-state index contributed by atoms with van der Waals surface area (Å²) < 4.78 is 0. The lowest BCUT2D eigenvalue weighted by Gasteiger charge is -2.27. The fraction of sp³-hybridized carbons (Fsp3) is 0.733. The highest BCUT2D eigenvalue weighted by atomic mass is 32.1. The Balaban J connectivity index is 1.71. The number of amides is 1. The number of hydrogen-bond acceptors (Lipinski definition) is 4. The first-order valence-corrected chi connectivity index (χ1v) is 8.41. The molecule has 1 aliphatic rings. The molecule has 1 aromatic heterocycles. The molecule has 0 aromatic carbocycles. The molecule has 0 radical (unpaired) electrons. The van der Waals surface area contributed by atoms with Crippen LogP contribution in [0.15, 0.2) is 6.20 Å². The Bertz CT molecular complexity index is 427. The Morgan fingerprint density at radius 3 is 3.15 bits per heavy atom. The van der Waals surface area contributed by atoms with Crippen LogP contribution >= 0.6 is 11.3 Å². The molecule has 112 valence electrons. The van der Waals surface area contributed by atoms with Crippen LogP contribution in [0.1, 0.15) is 43.0 Å². The number of piperidine rings is 1. The largest absolute Gasteiger partial charge is 0.350 e. The lowest BCUT2D eigenvalue weighted by Crippen LogP contribution is -2.35. The van der Waals surface area contributed by atoms with E-state index in [1.807, 2.05) is 6.20 Å². The maximum absolute atomic E-state index is 12.0. The van der Waals surface area contributed by atoms with Crippen LogP contribution in [-0.4, -0.2) is 24.0 Å². The van der Waals surface area contributed by atoms with Crippen LogP contribution < -0.4 is 10.6 Å². The highest BCUT2D eigenvalue weighted by molar-refractivity contribution is 7.11. The third kappa shape index (κ3) is 4.56. The summed E-state index contributed by atoms with van der Waals surface area (Å²) in [6, 6.07) is 0. The van der Waals surface area contributed by atoms with Crippen molar-refractivity contribution in [2.24, 2.45) is 11.8 Å². The molecular weight excluding hydrogens is 270 g/mol. The topological polar surface area (TPSA) is 54.0 Å². The predicted molar refractivity (Wildman–Crippen MR) is 82.7 cm³/mol. The number of rotatable bonds is 6. The van der Waals surface area contributed by atoms with Gasteiger partial charge in [0.05, 0.1) is 6.54 Å².